The Labute approximate surface area is 248 Å². The Hall–Kier alpha value is -4.98. The number of hydrogen-bond donors (Lipinski definition) is 8. The van der Waals surface area contributed by atoms with Gasteiger partial charge < -0.3 is 54.7 Å². The maximum absolute atomic E-state index is 13.4. The van der Waals surface area contributed by atoms with Crippen LogP contribution in [0.3, 0.4) is 0 Å². The van der Waals surface area contributed by atoms with Gasteiger partial charge in [-0.25, -0.2) is 0 Å². The van der Waals surface area contributed by atoms with Crippen molar-refractivity contribution in [3.63, 3.8) is 0 Å². The Bertz CT molecular complexity index is 1810. The molecule has 6 rings (SSSR count). The number of aliphatic hydroxyl groups excluding tert-OH is 3. The van der Waals surface area contributed by atoms with Crippen molar-refractivity contribution < 1.29 is 59.5 Å². The molecule has 1 aromatic heterocycles. The summed E-state index contributed by atoms with van der Waals surface area (Å²) in [6, 6.07) is 10.3. The van der Waals surface area contributed by atoms with Crippen LogP contribution in [0.25, 0.3) is 22.3 Å². The van der Waals surface area contributed by atoms with Gasteiger partial charge >= 0.3 is 5.97 Å². The first kappa shape index (κ1) is 29.1. The van der Waals surface area contributed by atoms with Crippen LogP contribution in [-0.2, 0) is 9.53 Å². The molecule has 2 heterocycles. The zero-order valence-corrected chi connectivity index (χ0v) is 22.8. The van der Waals surface area contributed by atoms with Gasteiger partial charge in [-0.3, -0.25) is 9.59 Å². The number of carbonyl (C=O) groups is 1. The van der Waals surface area contributed by atoms with Crippen LogP contribution in [-0.4, -0.2) is 77.8 Å². The Kier molecular flexibility index (Phi) is 7.24. The van der Waals surface area contributed by atoms with Crippen LogP contribution in [0, 0.1) is 5.92 Å². The summed E-state index contributed by atoms with van der Waals surface area (Å²) < 4.78 is 17.3. The van der Waals surface area contributed by atoms with Crippen LogP contribution in [0.4, 0.5) is 0 Å². The van der Waals surface area contributed by atoms with Crippen molar-refractivity contribution in [1.82, 2.24) is 0 Å². The quantitative estimate of drug-likeness (QED) is 0.114. The first-order chi connectivity index (χ1) is 20.9. The van der Waals surface area contributed by atoms with Crippen LogP contribution in [0.15, 0.2) is 57.7 Å². The van der Waals surface area contributed by atoms with Gasteiger partial charge in [0.05, 0.1) is 24.5 Å². The zero-order chi connectivity index (χ0) is 31.4. The summed E-state index contributed by atoms with van der Waals surface area (Å²) in [5.41, 5.74) is -0.868. The predicted molar refractivity (Wildman–Crippen MR) is 151 cm³/mol. The minimum Gasteiger partial charge on any atom is -0.508 e. The van der Waals surface area contributed by atoms with Crippen molar-refractivity contribution in [2.75, 3.05) is 6.61 Å². The van der Waals surface area contributed by atoms with Gasteiger partial charge in [-0.1, -0.05) is 12.1 Å². The maximum Gasteiger partial charge on any atom is 0.306 e. The largest absolute Gasteiger partial charge is 0.508 e. The second kappa shape index (κ2) is 10.9. The molecule has 1 aliphatic heterocycles. The number of phenols is 4. The number of carbonyl (C=O) groups excluding carboxylic acids is 1. The normalized spacial score (nSPS) is 25.4. The van der Waals surface area contributed by atoms with Crippen molar-refractivity contribution in [1.29, 1.82) is 0 Å². The third kappa shape index (κ3) is 4.90. The number of fused-ring (bicyclic) bond motifs is 6. The lowest BCUT2D eigenvalue weighted by Gasteiger charge is -2.40. The Morgan fingerprint density at radius 1 is 0.773 bits per heavy atom. The Balaban J connectivity index is 1.63. The standard InChI is InChI=1S/C31H28O13/c32-15-3-1-12(2-4-15)17-10-22(35)42-11-14-9-21(27(39)28(40)24(14)36)43-20-8-13(7-19(34)26(20)38)30-29(41)25(37)16-5-6-18(33)23(17)31(16)44-30/h1-8,14,17,21,24,27-28,32-34,36,38-41H,9-11H2/t14-,17?,21-,24-,27-,28-/m0/s1. The van der Waals surface area contributed by atoms with Crippen molar-refractivity contribution in [3.8, 4) is 45.8 Å². The van der Waals surface area contributed by atoms with E-state index in [-0.39, 0.29) is 40.0 Å². The highest BCUT2D eigenvalue weighted by molar-refractivity contribution is 5.88. The van der Waals surface area contributed by atoms with Gasteiger partial charge in [0.25, 0.3) is 0 Å². The minimum absolute atomic E-state index is 0.0219. The number of aromatic hydroxyl groups is 5. The Morgan fingerprint density at radius 2 is 1.50 bits per heavy atom. The van der Waals surface area contributed by atoms with Gasteiger partial charge in [-0.05, 0) is 48.4 Å². The van der Waals surface area contributed by atoms with Crippen LogP contribution >= 0.6 is 0 Å². The lowest BCUT2D eigenvalue weighted by atomic mass is 9.81. The molecule has 6 atom stereocenters. The van der Waals surface area contributed by atoms with Crippen LogP contribution in [0.5, 0.6) is 34.5 Å². The van der Waals surface area contributed by atoms with Crippen molar-refractivity contribution in [2.45, 2.75) is 43.2 Å². The number of phenolic OH excluding ortho intramolecular Hbond substituents is 4. The topological polar surface area (TPSA) is 228 Å². The fourth-order valence-electron chi connectivity index (χ4n) is 5.85. The highest BCUT2D eigenvalue weighted by Gasteiger charge is 2.45. The van der Waals surface area contributed by atoms with Gasteiger partial charge in [0.2, 0.25) is 16.9 Å². The molecule has 8 N–H and O–H groups in total. The van der Waals surface area contributed by atoms with Crippen molar-refractivity contribution >= 4 is 16.9 Å². The third-order valence-electron chi connectivity index (χ3n) is 8.22. The van der Waals surface area contributed by atoms with E-state index >= 15 is 0 Å². The van der Waals surface area contributed by atoms with Gasteiger partial charge in [0.1, 0.15) is 35.4 Å². The number of hydrogen-bond acceptors (Lipinski definition) is 13. The molecule has 1 fully saturated rings. The number of esters is 1. The number of rotatable bonds is 1. The van der Waals surface area contributed by atoms with Gasteiger partial charge in [0, 0.05) is 23.0 Å². The number of cyclic esters (lactones) is 1. The fourth-order valence-corrected chi connectivity index (χ4v) is 5.85. The van der Waals surface area contributed by atoms with E-state index in [0.717, 1.165) is 12.1 Å². The summed E-state index contributed by atoms with van der Waals surface area (Å²) in [5, 5.41) is 84.6. The molecule has 3 aromatic carbocycles. The second-order valence-corrected chi connectivity index (χ2v) is 11.0. The monoisotopic (exact) mass is 608 g/mol. The highest BCUT2D eigenvalue weighted by Crippen LogP contribution is 2.46. The first-order valence-corrected chi connectivity index (χ1v) is 13.7. The van der Waals surface area contributed by atoms with E-state index in [1.807, 2.05) is 0 Å². The molecule has 0 radical (unpaired) electrons. The third-order valence-corrected chi connectivity index (χ3v) is 8.22. The maximum atomic E-state index is 13.4. The molecule has 4 aromatic rings. The summed E-state index contributed by atoms with van der Waals surface area (Å²) >= 11 is 0. The van der Waals surface area contributed by atoms with E-state index in [0.29, 0.717) is 5.56 Å². The fraction of sp³-hybridized carbons (Fsp3) is 0.290. The first-order valence-electron chi connectivity index (χ1n) is 13.7. The molecule has 1 saturated carbocycles. The average Bonchev–Trinajstić information content (AvgIpc) is 2.99. The molecular formula is C31H28O13. The molecule has 6 bridgehead atoms. The molecular weight excluding hydrogens is 580 g/mol. The SMILES string of the molecule is O=C1CC(c2ccc(O)cc2)c2c(O)ccc3c(=O)c(O)c(oc23)-c2cc(O)c(O)c(c2)O[C@H]2C[C@@H](CO1)[C@H](O)[C@H](O)[C@H]2O. The van der Waals surface area contributed by atoms with Crippen LogP contribution in [0.1, 0.15) is 29.9 Å². The number of ether oxygens (including phenoxy) is 2. The average molecular weight is 609 g/mol. The molecule has 1 aliphatic carbocycles. The van der Waals surface area contributed by atoms with E-state index in [9.17, 15) is 50.4 Å². The summed E-state index contributed by atoms with van der Waals surface area (Å²) in [7, 11) is 0. The highest BCUT2D eigenvalue weighted by atomic mass is 16.5. The smallest absolute Gasteiger partial charge is 0.306 e. The number of aliphatic hydroxyl groups is 3. The molecule has 230 valence electrons. The van der Waals surface area contributed by atoms with E-state index in [4.69, 9.17) is 13.9 Å². The molecule has 0 saturated heterocycles. The molecule has 44 heavy (non-hydrogen) atoms. The Morgan fingerprint density at radius 3 is 2.23 bits per heavy atom. The lowest BCUT2D eigenvalue weighted by Crippen LogP contribution is -2.56. The van der Waals surface area contributed by atoms with Crippen LogP contribution < -0.4 is 10.2 Å². The van der Waals surface area contributed by atoms with Gasteiger partial charge in [-0.2, -0.15) is 0 Å². The van der Waals surface area contributed by atoms with E-state index < -0.39 is 89.4 Å². The van der Waals surface area contributed by atoms with E-state index in [2.05, 4.69) is 0 Å². The summed E-state index contributed by atoms with van der Waals surface area (Å²) in [6.45, 7) is -0.405. The molecule has 13 nitrogen and oxygen atoms in total. The second-order valence-electron chi connectivity index (χ2n) is 11.0. The van der Waals surface area contributed by atoms with Crippen molar-refractivity contribution in [3.05, 3.63) is 69.9 Å². The van der Waals surface area contributed by atoms with E-state index in [1.54, 1.807) is 0 Å². The molecule has 13 heteroatoms. The minimum atomic E-state index is -1.73. The molecule has 2 aliphatic rings. The predicted octanol–water partition coefficient (Wildman–Crippen LogP) is 1.92. The number of benzene rings is 3. The van der Waals surface area contributed by atoms with Gasteiger partial charge in [-0.15, -0.1) is 0 Å². The summed E-state index contributed by atoms with van der Waals surface area (Å²) in [5.74, 6) is -6.47. The molecule has 1 unspecified atom stereocenters. The van der Waals surface area contributed by atoms with Gasteiger partial charge in [0.15, 0.2) is 17.3 Å². The van der Waals surface area contributed by atoms with Crippen molar-refractivity contribution in [2.24, 2.45) is 5.92 Å². The van der Waals surface area contributed by atoms with Crippen LogP contribution in [0.2, 0.25) is 0 Å². The summed E-state index contributed by atoms with van der Waals surface area (Å²) in [6.07, 6.45) is -6.74. The lowest BCUT2D eigenvalue weighted by molar-refractivity contribution is -0.168. The molecule has 0 amide bonds. The summed E-state index contributed by atoms with van der Waals surface area (Å²) in [4.78, 5) is 26.7. The van der Waals surface area contributed by atoms with E-state index in [1.165, 1.54) is 36.4 Å². The zero-order valence-electron chi connectivity index (χ0n) is 22.8. The molecule has 0 spiro atoms.